The lowest BCUT2D eigenvalue weighted by atomic mass is 10.3. The quantitative estimate of drug-likeness (QED) is 0.444. The number of nitrogens with one attached hydrogen (secondary N) is 2. The molecular formula is C18H16N10O. The van der Waals surface area contributed by atoms with Crippen LogP contribution in [0.15, 0.2) is 61.4 Å². The van der Waals surface area contributed by atoms with E-state index in [0.29, 0.717) is 29.6 Å². The van der Waals surface area contributed by atoms with E-state index in [9.17, 15) is 4.79 Å². The third-order valence-corrected chi connectivity index (χ3v) is 3.90. The van der Waals surface area contributed by atoms with Gasteiger partial charge in [0.15, 0.2) is 5.82 Å². The number of carbonyl (C=O) groups excluding carboxylic acids is 1. The molecule has 11 nitrogen and oxygen atoms in total. The van der Waals surface area contributed by atoms with Crippen molar-refractivity contribution in [2.75, 3.05) is 16.4 Å². The van der Waals surface area contributed by atoms with Crippen LogP contribution >= 0.6 is 0 Å². The summed E-state index contributed by atoms with van der Waals surface area (Å²) >= 11 is 0. The third-order valence-electron chi connectivity index (χ3n) is 3.90. The molecule has 4 aromatic rings. The number of anilines is 3. The van der Waals surface area contributed by atoms with Gasteiger partial charge in [-0.05, 0) is 24.3 Å². The van der Waals surface area contributed by atoms with Gasteiger partial charge in [-0.25, -0.2) is 19.6 Å². The molecule has 1 amide bonds. The molecule has 11 heteroatoms. The molecule has 0 aromatic carbocycles. The topological polar surface area (TPSA) is 149 Å². The molecule has 4 N–H and O–H groups in total. The van der Waals surface area contributed by atoms with E-state index < -0.39 is 0 Å². The maximum Gasteiger partial charge on any atom is 0.275 e. The van der Waals surface area contributed by atoms with Gasteiger partial charge in [0.05, 0.1) is 42.7 Å². The van der Waals surface area contributed by atoms with Crippen LogP contribution in [-0.4, -0.2) is 40.8 Å². The highest BCUT2D eigenvalue weighted by molar-refractivity contribution is 6.02. The zero-order valence-corrected chi connectivity index (χ0v) is 15.1. The van der Waals surface area contributed by atoms with Crippen LogP contribution in [0.3, 0.4) is 0 Å². The monoisotopic (exact) mass is 388 g/mol. The third kappa shape index (κ3) is 4.30. The maximum atomic E-state index is 12.4. The van der Waals surface area contributed by atoms with Crippen molar-refractivity contribution in [1.29, 1.82) is 0 Å². The zero-order chi connectivity index (χ0) is 20.1. The smallest absolute Gasteiger partial charge is 0.275 e. The first-order chi connectivity index (χ1) is 14.2. The second kappa shape index (κ2) is 8.08. The fourth-order valence-corrected chi connectivity index (χ4v) is 2.49. The highest BCUT2D eigenvalue weighted by Crippen LogP contribution is 2.16. The van der Waals surface area contributed by atoms with E-state index >= 15 is 0 Å². The highest BCUT2D eigenvalue weighted by atomic mass is 16.1. The fourth-order valence-electron chi connectivity index (χ4n) is 2.49. The number of pyridine rings is 2. The van der Waals surface area contributed by atoms with Crippen LogP contribution in [0.5, 0.6) is 0 Å². The second-order valence-corrected chi connectivity index (χ2v) is 5.89. The van der Waals surface area contributed by atoms with Gasteiger partial charge in [0, 0.05) is 18.1 Å². The number of aromatic nitrogens is 7. The summed E-state index contributed by atoms with van der Waals surface area (Å²) in [6, 6.07) is 7.07. The Labute approximate surface area is 165 Å². The Bertz CT molecular complexity index is 1110. The number of nitrogen functional groups attached to an aromatic ring is 1. The van der Waals surface area contributed by atoms with E-state index in [1.807, 2.05) is 6.07 Å². The van der Waals surface area contributed by atoms with Gasteiger partial charge >= 0.3 is 0 Å². The van der Waals surface area contributed by atoms with E-state index in [1.165, 1.54) is 23.3 Å². The molecule has 0 saturated carbocycles. The van der Waals surface area contributed by atoms with Crippen molar-refractivity contribution in [3.63, 3.8) is 0 Å². The molecule has 0 aliphatic heterocycles. The maximum absolute atomic E-state index is 12.4. The van der Waals surface area contributed by atoms with E-state index in [4.69, 9.17) is 5.73 Å². The molecule has 0 aliphatic rings. The summed E-state index contributed by atoms with van der Waals surface area (Å²) in [6.07, 6.45) is 9.22. The molecule has 0 atom stereocenters. The molecule has 4 rings (SSSR count). The van der Waals surface area contributed by atoms with Crippen LogP contribution in [0.25, 0.3) is 5.82 Å². The van der Waals surface area contributed by atoms with Gasteiger partial charge in [0.25, 0.3) is 5.91 Å². The normalized spacial score (nSPS) is 10.5. The molecule has 4 heterocycles. The molecule has 0 spiro atoms. The number of rotatable bonds is 6. The molecule has 0 unspecified atom stereocenters. The standard InChI is InChI=1S/C18H16N10O/c19-17-14(2-1-4-21-17)22-9-13-8-12(3-5-20-13)26-18(29)15-10-24-16(11-23-15)28-7-6-25-27-28/h1-8,10-11,22H,9H2,(H2,19,21)(H,20,26,29). The SMILES string of the molecule is Nc1ncccc1NCc1cc(NC(=O)c2cnc(-n3ccnn3)cn2)ccn1. The van der Waals surface area contributed by atoms with E-state index in [1.54, 1.807) is 36.8 Å². The molecule has 0 saturated heterocycles. The van der Waals surface area contributed by atoms with E-state index in [2.05, 4.69) is 40.9 Å². The van der Waals surface area contributed by atoms with Crippen LogP contribution in [0, 0.1) is 0 Å². The van der Waals surface area contributed by atoms with Crippen molar-refractivity contribution in [3.05, 3.63) is 72.8 Å². The second-order valence-electron chi connectivity index (χ2n) is 5.89. The molecule has 144 valence electrons. The Morgan fingerprint density at radius 1 is 1.07 bits per heavy atom. The van der Waals surface area contributed by atoms with Crippen molar-refractivity contribution in [1.82, 2.24) is 34.9 Å². The number of carbonyl (C=O) groups is 1. The van der Waals surface area contributed by atoms with E-state index in [0.717, 1.165) is 5.69 Å². The summed E-state index contributed by atoms with van der Waals surface area (Å²) < 4.78 is 1.45. The highest BCUT2D eigenvalue weighted by Gasteiger charge is 2.10. The van der Waals surface area contributed by atoms with Crippen LogP contribution in [0.2, 0.25) is 0 Å². The van der Waals surface area contributed by atoms with E-state index in [-0.39, 0.29) is 11.6 Å². The summed E-state index contributed by atoms with van der Waals surface area (Å²) in [5.74, 6) is 0.486. The Morgan fingerprint density at radius 2 is 2.00 bits per heavy atom. The number of amides is 1. The van der Waals surface area contributed by atoms with Crippen molar-refractivity contribution in [3.8, 4) is 5.82 Å². The van der Waals surface area contributed by atoms with Gasteiger partial charge in [0.2, 0.25) is 0 Å². The van der Waals surface area contributed by atoms with Crippen molar-refractivity contribution in [2.24, 2.45) is 0 Å². The van der Waals surface area contributed by atoms with Crippen LogP contribution < -0.4 is 16.4 Å². The van der Waals surface area contributed by atoms with Crippen molar-refractivity contribution in [2.45, 2.75) is 6.54 Å². The average Bonchev–Trinajstić information content (AvgIpc) is 3.28. The van der Waals surface area contributed by atoms with Gasteiger partial charge in [-0.1, -0.05) is 5.21 Å². The molecule has 0 fully saturated rings. The lowest BCUT2D eigenvalue weighted by Gasteiger charge is -2.09. The molecule has 0 radical (unpaired) electrons. The Kier molecular flexibility index (Phi) is 5.01. The first-order valence-electron chi connectivity index (χ1n) is 8.58. The Hall–Kier alpha value is -4.41. The Balaban J connectivity index is 1.41. The minimum absolute atomic E-state index is 0.175. The van der Waals surface area contributed by atoms with Crippen LogP contribution in [0.4, 0.5) is 17.2 Å². The van der Waals surface area contributed by atoms with Gasteiger partial charge in [0.1, 0.15) is 11.5 Å². The minimum atomic E-state index is -0.385. The fraction of sp³-hybridized carbons (Fsp3) is 0.0556. The number of hydrogen-bond donors (Lipinski definition) is 3. The number of nitrogens with zero attached hydrogens (tertiary/aromatic N) is 7. The lowest BCUT2D eigenvalue weighted by Crippen LogP contribution is -2.15. The van der Waals surface area contributed by atoms with Crippen molar-refractivity contribution < 1.29 is 4.79 Å². The van der Waals surface area contributed by atoms with Crippen LogP contribution in [-0.2, 0) is 6.54 Å². The molecule has 0 aliphatic carbocycles. The van der Waals surface area contributed by atoms with Crippen LogP contribution in [0.1, 0.15) is 16.2 Å². The van der Waals surface area contributed by atoms with Gasteiger partial charge in [-0.15, -0.1) is 5.10 Å². The molecular weight excluding hydrogens is 372 g/mol. The van der Waals surface area contributed by atoms with Gasteiger partial charge < -0.3 is 16.4 Å². The summed E-state index contributed by atoms with van der Waals surface area (Å²) in [4.78, 5) is 29.0. The van der Waals surface area contributed by atoms with Gasteiger partial charge in [-0.2, -0.15) is 0 Å². The zero-order valence-electron chi connectivity index (χ0n) is 15.1. The molecule has 4 aromatic heterocycles. The Morgan fingerprint density at radius 3 is 2.76 bits per heavy atom. The lowest BCUT2D eigenvalue weighted by molar-refractivity contribution is 0.102. The number of nitrogens with two attached hydrogens (primary N) is 1. The average molecular weight is 388 g/mol. The summed E-state index contributed by atoms with van der Waals surface area (Å²) in [7, 11) is 0. The minimum Gasteiger partial charge on any atom is -0.382 e. The summed E-state index contributed by atoms with van der Waals surface area (Å²) in [6.45, 7) is 0.423. The summed E-state index contributed by atoms with van der Waals surface area (Å²) in [5, 5.41) is 13.5. The first-order valence-corrected chi connectivity index (χ1v) is 8.58. The van der Waals surface area contributed by atoms with Crippen molar-refractivity contribution >= 4 is 23.1 Å². The molecule has 0 bridgehead atoms. The van der Waals surface area contributed by atoms with Gasteiger partial charge in [-0.3, -0.25) is 9.78 Å². The summed E-state index contributed by atoms with van der Waals surface area (Å²) in [5.41, 5.74) is 8.01. The number of hydrogen-bond acceptors (Lipinski definition) is 9. The first kappa shape index (κ1) is 18.0. The molecule has 29 heavy (non-hydrogen) atoms. The predicted molar refractivity (Wildman–Crippen MR) is 105 cm³/mol. The predicted octanol–water partition coefficient (Wildman–Crippen LogP) is 1.29. The largest absolute Gasteiger partial charge is 0.382 e.